The number of halogens is 2. The van der Waals surface area contributed by atoms with E-state index in [-0.39, 0.29) is 5.82 Å². The van der Waals surface area contributed by atoms with Crippen LogP contribution in [0.1, 0.15) is 0 Å². The van der Waals surface area contributed by atoms with E-state index in [0.29, 0.717) is 36.5 Å². The molecule has 0 radical (unpaired) electrons. The standard InChI is InChI=1S/C13H18BrFN2O2/c14-11-2-1-3-12(15)13(11)16-8-10(18)9-17-4-6-19-7-5-17/h1-3,10,16,18H,4-9H2. The van der Waals surface area contributed by atoms with Crippen LogP contribution in [-0.4, -0.2) is 55.5 Å². The maximum absolute atomic E-state index is 13.6. The van der Waals surface area contributed by atoms with E-state index in [2.05, 4.69) is 26.1 Å². The van der Waals surface area contributed by atoms with Crippen molar-refractivity contribution in [2.45, 2.75) is 6.10 Å². The topological polar surface area (TPSA) is 44.7 Å². The molecule has 6 heteroatoms. The third kappa shape index (κ3) is 4.42. The highest BCUT2D eigenvalue weighted by molar-refractivity contribution is 9.10. The molecule has 1 fully saturated rings. The van der Waals surface area contributed by atoms with Crippen LogP contribution in [0.2, 0.25) is 0 Å². The van der Waals surface area contributed by atoms with Gasteiger partial charge < -0.3 is 15.2 Å². The Kier molecular flexibility index (Phi) is 5.57. The molecule has 1 aliphatic heterocycles. The van der Waals surface area contributed by atoms with Gasteiger partial charge in [-0.1, -0.05) is 6.07 Å². The smallest absolute Gasteiger partial charge is 0.147 e. The molecule has 1 aromatic rings. The minimum Gasteiger partial charge on any atom is -0.390 e. The van der Waals surface area contributed by atoms with Crippen LogP contribution in [0.25, 0.3) is 0 Å². The van der Waals surface area contributed by atoms with Gasteiger partial charge in [-0.3, -0.25) is 4.90 Å². The maximum Gasteiger partial charge on any atom is 0.147 e. The Bertz CT molecular complexity index is 393. The molecule has 2 N–H and O–H groups in total. The summed E-state index contributed by atoms with van der Waals surface area (Å²) >= 11 is 3.28. The normalized spacial score (nSPS) is 18.3. The number of aliphatic hydroxyl groups is 1. The molecule has 1 saturated heterocycles. The molecule has 4 nitrogen and oxygen atoms in total. The average Bonchev–Trinajstić information content (AvgIpc) is 2.39. The van der Waals surface area contributed by atoms with Gasteiger partial charge in [0.1, 0.15) is 5.82 Å². The van der Waals surface area contributed by atoms with Crippen LogP contribution in [0, 0.1) is 5.82 Å². The summed E-state index contributed by atoms with van der Waals surface area (Å²) in [6.07, 6.45) is -0.537. The molecular weight excluding hydrogens is 315 g/mol. The van der Waals surface area contributed by atoms with Gasteiger partial charge >= 0.3 is 0 Å². The molecule has 0 aliphatic carbocycles. The highest BCUT2D eigenvalue weighted by Gasteiger charge is 2.15. The van der Waals surface area contributed by atoms with Gasteiger partial charge in [-0.25, -0.2) is 4.39 Å². The first kappa shape index (κ1) is 14.7. The Hall–Kier alpha value is -0.690. The Morgan fingerprint density at radius 1 is 1.42 bits per heavy atom. The van der Waals surface area contributed by atoms with Crippen LogP contribution < -0.4 is 5.32 Å². The predicted octanol–water partition coefficient (Wildman–Crippen LogP) is 1.69. The summed E-state index contributed by atoms with van der Waals surface area (Å²) in [6.45, 7) is 3.97. The van der Waals surface area contributed by atoms with Gasteiger partial charge in [-0.05, 0) is 28.1 Å². The molecule has 1 atom stereocenters. The summed E-state index contributed by atoms with van der Waals surface area (Å²) in [5.74, 6) is -0.326. The number of anilines is 1. The molecule has 1 aliphatic rings. The van der Waals surface area contributed by atoms with Crippen LogP contribution in [0.5, 0.6) is 0 Å². The summed E-state index contributed by atoms with van der Waals surface area (Å²) < 4.78 is 19.5. The number of hydrogen-bond donors (Lipinski definition) is 2. The Morgan fingerprint density at radius 3 is 2.84 bits per heavy atom. The van der Waals surface area contributed by atoms with E-state index in [4.69, 9.17) is 4.74 Å². The van der Waals surface area contributed by atoms with Gasteiger partial charge in [0.25, 0.3) is 0 Å². The van der Waals surface area contributed by atoms with Crippen molar-refractivity contribution in [2.75, 3.05) is 44.7 Å². The molecule has 19 heavy (non-hydrogen) atoms. The highest BCUT2D eigenvalue weighted by Crippen LogP contribution is 2.24. The number of rotatable bonds is 5. The average molecular weight is 333 g/mol. The second kappa shape index (κ2) is 7.19. The summed E-state index contributed by atoms with van der Waals surface area (Å²) in [6, 6.07) is 4.79. The fourth-order valence-corrected chi connectivity index (χ4v) is 2.52. The monoisotopic (exact) mass is 332 g/mol. The fourth-order valence-electron chi connectivity index (χ4n) is 2.03. The lowest BCUT2D eigenvalue weighted by molar-refractivity contribution is 0.0171. The third-order valence-electron chi connectivity index (χ3n) is 3.05. The molecular formula is C13H18BrFN2O2. The van der Waals surface area contributed by atoms with Crippen LogP contribution in [0.3, 0.4) is 0 Å². The number of nitrogens with zero attached hydrogens (tertiary/aromatic N) is 1. The minimum absolute atomic E-state index is 0.316. The lowest BCUT2D eigenvalue weighted by Crippen LogP contribution is -2.42. The van der Waals surface area contributed by atoms with Crippen molar-refractivity contribution in [1.29, 1.82) is 0 Å². The van der Waals surface area contributed by atoms with Crippen molar-refractivity contribution in [3.05, 3.63) is 28.5 Å². The van der Waals surface area contributed by atoms with E-state index < -0.39 is 6.10 Å². The zero-order valence-corrected chi connectivity index (χ0v) is 12.2. The number of ether oxygens (including phenoxy) is 1. The van der Waals surface area contributed by atoms with Crippen LogP contribution in [0.4, 0.5) is 10.1 Å². The Balaban J connectivity index is 1.81. The molecule has 1 heterocycles. The van der Waals surface area contributed by atoms with Crippen molar-refractivity contribution < 1.29 is 14.2 Å². The van der Waals surface area contributed by atoms with Crippen LogP contribution in [-0.2, 0) is 4.74 Å². The van der Waals surface area contributed by atoms with Gasteiger partial charge in [0.05, 0.1) is 25.0 Å². The second-order valence-electron chi connectivity index (χ2n) is 4.54. The van der Waals surface area contributed by atoms with Gasteiger partial charge in [-0.15, -0.1) is 0 Å². The van der Waals surface area contributed by atoms with Crippen molar-refractivity contribution >= 4 is 21.6 Å². The Morgan fingerprint density at radius 2 is 2.16 bits per heavy atom. The number of hydrogen-bond acceptors (Lipinski definition) is 4. The number of β-amino-alcohol motifs (C(OH)–C–C–N with tert-alkyl or cyclic N) is 1. The quantitative estimate of drug-likeness (QED) is 0.861. The minimum atomic E-state index is -0.537. The summed E-state index contributed by atoms with van der Waals surface area (Å²) in [7, 11) is 0. The van der Waals surface area contributed by atoms with Crippen LogP contribution in [0.15, 0.2) is 22.7 Å². The van der Waals surface area contributed by atoms with Gasteiger partial charge in [0, 0.05) is 30.7 Å². The van der Waals surface area contributed by atoms with E-state index in [1.807, 2.05) is 0 Å². The van der Waals surface area contributed by atoms with Gasteiger partial charge in [-0.2, -0.15) is 0 Å². The van der Waals surface area contributed by atoms with E-state index in [9.17, 15) is 9.50 Å². The lowest BCUT2D eigenvalue weighted by Gasteiger charge is -2.28. The third-order valence-corrected chi connectivity index (χ3v) is 3.71. The predicted molar refractivity (Wildman–Crippen MR) is 75.9 cm³/mol. The van der Waals surface area contributed by atoms with Crippen molar-refractivity contribution in [3.63, 3.8) is 0 Å². The number of nitrogens with one attached hydrogen (secondary N) is 1. The van der Waals surface area contributed by atoms with Gasteiger partial charge in [0.15, 0.2) is 0 Å². The molecule has 0 aromatic heterocycles. The molecule has 1 unspecified atom stereocenters. The molecule has 0 saturated carbocycles. The Labute approximate surface area is 120 Å². The van der Waals surface area contributed by atoms with Gasteiger partial charge in [0.2, 0.25) is 0 Å². The highest BCUT2D eigenvalue weighted by atomic mass is 79.9. The van der Waals surface area contributed by atoms with E-state index in [1.165, 1.54) is 6.07 Å². The fraction of sp³-hybridized carbons (Fsp3) is 0.538. The van der Waals surface area contributed by atoms with E-state index >= 15 is 0 Å². The molecule has 1 aromatic carbocycles. The lowest BCUT2D eigenvalue weighted by atomic mass is 10.2. The molecule has 0 spiro atoms. The maximum atomic E-state index is 13.6. The number of para-hydroxylation sites is 1. The molecule has 0 amide bonds. The van der Waals surface area contributed by atoms with Crippen molar-refractivity contribution in [3.8, 4) is 0 Å². The number of aliphatic hydroxyl groups excluding tert-OH is 1. The summed E-state index contributed by atoms with van der Waals surface area (Å²) in [4.78, 5) is 2.15. The molecule has 106 valence electrons. The largest absolute Gasteiger partial charge is 0.390 e. The zero-order chi connectivity index (χ0) is 13.7. The van der Waals surface area contributed by atoms with E-state index in [1.54, 1.807) is 12.1 Å². The second-order valence-corrected chi connectivity index (χ2v) is 5.40. The van der Waals surface area contributed by atoms with E-state index in [0.717, 1.165) is 13.1 Å². The summed E-state index contributed by atoms with van der Waals surface area (Å²) in [5.41, 5.74) is 0.392. The van der Waals surface area contributed by atoms with Crippen LogP contribution >= 0.6 is 15.9 Å². The van der Waals surface area contributed by atoms with Crippen molar-refractivity contribution in [2.24, 2.45) is 0 Å². The first-order valence-electron chi connectivity index (χ1n) is 6.33. The van der Waals surface area contributed by atoms with Crippen molar-refractivity contribution in [1.82, 2.24) is 4.90 Å². The number of morpholine rings is 1. The molecule has 0 bridgehead atoms. The first-order valence-corrected chi connectivity index (χ1v) is 7.12. The number of benzene rings is 1. The first-order chi connectivity index (χ1) is 9.16. The zero-order valence-electron chi connectivity index (χ0n) is 10.6. The molecule has 2 rings (SSSR count). The SMILES string of the molecule is OC(CNc1c(F)cccc1Br)CN1CCOCC1. The summed E-state index contributed by atoms with van der Waals surface area (Å²) in [5, 5.41) is 12.9.